The SMILES string of the molecule is Cc1ccc(Br)cc1NC(=O)c1ccc(NC(=O)c2cccs2)cc1. The molecule has 0 aliphatic carbocycles. The second-order valence-electron chi connectivity index (χ2n) is 5.42. The molecule has 0 aliphatic heterocycles. The Morgan fingerprint density at radius 3 is 2.40 bits per heavy atom. The van der Waals surface area contributed by atoms with Gasteiger partial charge in [-0.15, -0.1) is 11.3 Å². The van der Waals surface area contributed by atoms with E-state index in [0.717, 1.165) is 15.7 Å². The van der Waals surface area contributed by atoms with Gasteiger partial charge in [-0.3, -0.25) is 9.59 Å². The van der Waals surface area contributed by atoms with Crippen molar-refractivity contribution in [3.8, 4) is 0 Å². The van der Waals surface area contributed by atoms with Gasteiger partial charge in [-0.05, 0) is 60.3 Å². The van der Waals surface area contributed by atoms with Crippen LogP contribution in [0.5, 0.6) is 0 Å². The second-order valence-corrected chi connectivity index (χ2v) is 7.29. The first kappa shape index (κ1) is 17.4. The lowest BCUT2D eigenvalue weighted by Gasteiger charge is -2.10. The fourth-order valence-corrected chi connectivity index (χ4v) is 3.21. The van der Waals surface area contributed by atoms with Crippen molar-refractivity contribution in [3.05, 3.63) is 80.5 Å². The molecule has 0 atom stereocenters. The predicted molar refractivity (Wildman–Crippen MR) is 106 cm³/mol. The van der Waals surface area contributed by atoms with Gasteiger partial charge in [-0.1, -0.05) is 28.1 Å². The summed E-state index contributed by atoms with van der Waals surface area (Å²) in [6.45, 7) is 1.94. The minimum absolute atomic E-state index is 0.156. The molecule has 2 N–H and O–H groups in total. The second kappa shape index (κ2) is 7.63. The fraction of sp³-hybridized carbons (Fsp3) is 0.0526. The summed E-state index contributed by atoms with van der Waals surface area (Å²) in [6, 6.07) is 16.1. The average Bonchev–Trinajstić information content (AvgIpc) is 3.13. The zero-order valence-corrected chi connectivity index (χ0v) is 15.8. The maximum absolute atomic E-state index is 12.4. The molecular weight excluding hydrogens is 400 g/mol. The quantitative estimate of drug-likeness (QED) is 0.606. The first-order chi connectivity index (χ1) is 12.0. The van der Waals surface area contributed by atoms with Crippen molar-refractivity contribution in [1.82, 2.24) is 0 Å². The smallest absolute Gasteiger partial charge is 0.265 e. The molecule has 0 radical (unpaired) electrons. The summed E-state index contributed by atoms with van der Waals surface area (Å²) in [5.74, 6) is -0.353. The van der Waals surface area contributed by atoms with Crippen LogP contribution < -0.4 is 10.6 Å². The minimum atomic E-state index is -0.197. The van der Waals surface area contributed by atoms with Crippen LogP contribution in [0.25, 0.3) is 0 Å². The summed E-state index contributed by atoms with van der Waals surface area (Å²) < 4.78 is 0.903. The molecule has 4 nitrogen and oxygen atoms in total. The van der Waals surface area contributed by atoms with E-state index in [1.807, 2.05) is 36.6 Å². The molecular formula is C19H15BrN2O2S. The summed E-state index contributed by atoms with van der Waals surface area (Å²) in [7, 11) is 0. The summed E-state index contributed by atoms with van der Waals surface area (Å²) in [5.41, 5.74) is 2.91. The van der Waals surface area contributed by atoms with E-state index in [-0.39, 0.29) is 11.8 Å². The van der Waals surface area contributed by atoms with E-state index in [2.05, 4.69) is 26.6 Å². The Balaban J connectivity index is 1.68. The lowest BCUT2D eigenvalue weighted by atomic mass is 10.1. The van der Waals surface area contributed by atoms with Gasteiger partial charge in [0, 0.05) is 21.4 Å². The molecule has 2 amide bonds. The number of hydrogen-bond donors (Lipinski definition) is 2. The van der Waals surface area contributed by atoms with E-state index in [1.54, 1.807) is 30.3 Å². The third-order valence-electron chi connectivity index (χ3n) is 3.60. The molecule has 1 aromatic heterocycles. The van der Waals surface area contributed by atoms with E-state index in [4.69, 9.17) is 0 Å². The maximum Gasteiger partial charge on any atom is 0.265 e. The van der Waals surface area contributed by atoms with E-state index in [9.17, 15) is 9.59 Å². The molecule has 0 spiro atoms. The largest absolute Gasteiger partial charge is 0.322 e. The highest BCUT2D eigenvalue weighted by Gasteiger charge is 2.10. The third kappa shape index (κ3) is 4.35. The summed E-state index contributed by atoms with van der Waals surface area (Å²) >= 11 is 4.78. The van der Waals surface area contributed by atoms with E-state index >= 15 is 0 Å². The molecule has 126 valence electrons. The molecule has 0 bridgehead atoms. The summed E-state index contributed by atoms with van der Waals surface area (Å²) in [4.78, 5) is 25.1. The number of carbonyl (C=O) groups excluding carboxylic acids is 2. The number of halogens is 1. The normalized spacial score (nSPS) is 10.3. The Hall–Kier alpha value is -2.44. The minimum Gasteiger partial charge on any atom is -0.322 e. The lowest BCUT2D eigenvalue weighted by molar-refractivity contribution is 0.102. The molecule has 0 unspecified atom stereocenters. The molecule has 0 saturated carbocycles. The number of thiophene rings is 1. The van der Waals surface area contributed by atoms with E-state index < -0.39 is 0 Å². The zero-order valence-electron chi connectivity index (χ0n) is 13.4. The summed E-state index contributed by atoms with van der Waals surface area (Å²) in [5, 5.41) is 7.56. The van der Waals surface area contributed by atoms with Gasteiger partial charge in [0.15, 0.2) is 0 Å². The van der Waals surface area contributed by atoms with Crippen molar-refractivity contribution in [1.29, 1.82) is 0 Å². The molecule has 3 aromatic rings. The van der Waals surface area contributed by atoms with Crippen LogP contribution in [0.3, 0.4) is 0 Å². The van der Waals surface area contributed by atoms with Crippen LogP contribution >= 0.6 is 27.3 Å². The molecule has 3 rings (SSSR count). The zero-order chi connectivity index (χ0) is 17.8. The van der Waals surface area contributed by atoms with Crippen LogP contribution in [-0.2, 0) is 0 Å². The van der Waals surface area contributed by atoms with Gasteiger partial charge in [-0.25, -0.2) is 0 Å². The van der Waals surface area contributed by atoms with Crippen molar-refractivity contribution >= 4 is 50.5 Å². The molecule has 0 saturated heterocycles. The number of hydrogen-bond acceptors (Lipinski definition) is 3. The Morgan fingerprint density at radius 2 is 1.72 bits per heavy atom. The number of benzene rings is 2. The van der Waals surface area contributed by atoms with Gasteiger partial charge in [0.05, 0.1) is 4.88 Å². The maximum atomic E-state index is 12.4. The summed E-state index contributed by atoms with van der Waals surface area (Å²) in [6.07, 6.45) is 0. The monoisotopic (exact) mass is 414 g/mol. The standard InChI is InChI=1S/C19H15BrN2O2S/c1-12-4-7-14(20)11-16(12)22-18(23)13-5-8-15(9-6-13)21-19(24)17-3-2-10-25-17/h2-11H,1H3,(H,21,24)(H,22,23). The molecule has 0 aliphatic rings. The predicted octanol–water partition coefficient (Wildman–Crippen LogP) is 5.32. The van der Waals surface area contributed by atoms with Gasteiger partial charge in [-0.2, -0.15) is 0 Å². The van der Waals surface area contributed by atoms with Crippen LogP contribution in [-0.4, -0.2) is 11.8 Å². The molecule has 6 heteroatoms. The fourth-order valence-electron chi connectivity index (χ4n) is 2.23. The van der Waals surface area contributed by atoms with Crippen molar-refractivity contribution in [2.75, 3.05) is 10.6 Å². The lowest BCUT2D eigenvalue weighted by Crippen LogP contribution is -2.13. The van der Waals surface area contributed by atoms with Crippen LogP contribution in [0.4, 0.5) is 11.4 Å². The van der Waals surface area contributed by atoms with Crippen LogP contribution in [0.2, 0.25) is 0 Å². The van der Waals surface area contributed by atoms with E-state index in [0.29, 0.717) is 16.1 Å². The molecule has 0 fully saturated rings. The highest BCUT2D eigenvalue weighted by molar-refractivity contribution is 9.10. The number of aryl methyl sites for hydroxylation is 1. The van der Waals surface area contributed by atoms with Crippen molar-refractivity contribution in [2.24, 2.45) is 0 Å². The molecule has 25 heavy (non-hydrogen) atoms. The first-order valence-electron chi connectivity index (χ1n) is 7.55. The van der Waals surface area contributed by atoms with E-state index in [1.165, 1.54) is 11.3 Å². The van der Waals surface area contributed by atoms with Gasteiger partial charge in [0.1, 0.15) is 0 Å². The molecule has 2 aromatic carbocycles. The van der Waals surface area contributed by atoms with Crippen molar-refractivity contribution in [3.63, 3.8) is 0 Å². The van der Waals surface area contributed by atoms with Gasteiger partial charge >= 0.3 is 0 Å². The average molecular weight is 415 g/mol. The van der Waals surface area contributed by atoms with Crippen molar-refractivity contribution < 1.29 is 9.59 Å². The Labute approximate surface area is 158 Å². The van der Waals surface area contributed by atoms with Gasteiger partial charge in [0.2, 0.25) is 0 Å². The highest BCUT2D eigenvalue weighted by Crippen LogP contribution is 2.22. The topological polar surface area (TPSA) is 58.2 Å². The number of nitrogens with one attached hydrogen (secondary N) is 2. The van der Waals surface area contributed by atoms with Crippen LogP contribution in [0.1, 0.15) is 25.6 Å². The number of rotatable bonds is 4. The number of carbonyl (C=O) groups is 2. The number of anilines is 2. The van der Waals surface area contributed by atoms with Crippen LogP contribution in [0.15, 0.2) is 64.5 Å². The van der Waals surface area contributed by atoms with Crippen molar-refractivity contribution in [2.45, 2.75) is 6.92 Å². The highest BCUT2D eigenvalue weighted by atomic mass is 79.9. The van der Waals surface area contributed by atoms with Gasteiger partial charge in [0.25, 0.3) is 11.8 Å². The first-order valence-corrected chi connectivity index (χ1v) is 9.22. The Morgan fingerprint density at radius 1 is 0.960 bits per heavy atom. The third-order valence-corrected chi connectivity index (χ3v) is 4.96. The van der Waals surface area contributed by atoms with Crippen LogP contribution in [0, 0.1) is 6.92 Å². The molecule has 1 heterocycles. The van der Waals surface area contributed by atoms with Gasteiger partial charge < -0.3 is 10.6 Å². The Bertz CT molecular complexity index is 906. The Kier molecular flexibility index (Phi) is 5.31. The number of amides is 2.